The highest BCUT2D eigenvalue weighted by Crippen LogP contribution is 2.20. The third kappa shape index (κ3) is 2.55. The molecule has 1 aliphatic carbocycles. The molecule has 0 aromatic carbocycles. The molecule has 1 rings (SSSR count). The van der Waals surface area contributed by atoms with Gasteiger partial charge in [0.2, 0.25) is 0 Å². The molecule has 54 valence electrons. The van der Waals surface area contributed by atoms with Crippen molar-refractivity contribution >= 4 is 11.6 Å². The van der Waals surface area contributed by atoms with Gasteiger partial charge in [0, 0.05) is 5.88 Å². The highest BCUT2D eigenvalue weighted by Gasteiger charge is 2.14. The van der Waals surface area contributed by atoms with Gasteiger partial charge in [-0.15, -0.1) is 11.6 Å². The van der Waals surface area contributed by atoms with E-state index >= 15 is 0 Å². The van der Waals surface area contributed by atoms with E-state index in [0.29, 0.717) is 12.0 Å². The fraction of sp³-hybridized carbons (Fsp3) is 1.00. The van der Waals surface area contributed by atoms with Crippen LogP contribution in [0.1, 0.15) is 25.7 Å². The van der Waals surface area contributed by atoms with Crippen molar-refractivity contribution in [1.29, 1.82) is 0 Å². The number of alkyl halides is 1. The van der Waals surface area contributed by atoms with Crippen LogP contribution < -0.4 is 0 Å². The minimum atomic E-state index is 0.531. The molecule has 1 fully saturated rings. The quantitative estimate of drug-likeness (QED) is 0.558. The molecule has 1 aliphatic rings. The lowest BCUT2D eigenvalue weighted by Crippen LogP contribution is -2.08. The van der Waals surface area contributed by atoms with Crippen LogP contribution >= 0.6 is 11.6 Å². The Morgan fingerprint density at radius 1 is 1.33 bits per heavy atom. The van der Waals surface area contributed by atoms with Crippen LogP contribution in [-0.2, 0) is 4.74 Å². The molecule has 0 unspecified atom stereocenters. The summed E-state index contributed by atoms with van der Waals surface area (Å²) in [5.41, 5.74) is 0. The lowest BCUT2D eigenvalue weighted by Gasteiger charge is -2.07. The molecule has 0 spiro atoms. The van der Waals surface area contributed by atoms with Crippen molar-refractivity contribution in [2.75, 3.05) is 12.5 Å². The van der Waals surface area contributed by atoms with Crippen LogP contribution in [0, 0.1) is 0 Å². The second kappa shape index (κ2) is 4.13. The molecule has 0 atom stereocenters. The zero-order valence-electron chi connectivity index (χ0n) is 5.61. The summed E-state index contributed by atoms with van der Waals surface area (Å²) in [4.78, 5) is 0. The van der Waals surface area contributed by atoms with Crippen molar-refractivity contribution in [2.24, 2.45) is 0 Å². The minimum Gasteiger partial charge on any atom is -0.377 e. The van der Waals surface area contributed by atoms with E-state index in [-0.39, 0.29) is 0 Å². The zero-order valence-corrected chi connectivity index (χ0v) is 6.36. The Morgan fingerprint density at radius 2 is 2.00 bits per heavy atom. The smallest absolute Gasteiger partial charge is 0.0605 e. The summed E-state index contributed by atoms with van der Waals surface area (Å²) in [6.07, 6.45) is 5.71. The standard InChI is InChI=1S/C7H13ClO/c8-5-6-9-7-3-1-2-4-7/h7H,1-6H2. The number of rotatable bonds is 3. The third-order valence-corrected chi connectivity index (χ3v) is 1.89. The fourth-order valence-corrected chi connectivity index (χ4v) is 1.36. The minimum absolute atomic E-state index is 0.531. The predicted molar refractivity (Wildman–Crippen MR) is 38.9 cm³/mol. The Morgan fingerprint density at radius 3 is 2.56 bits per heavy atom. The molecule has 0 radical (unpaired) electrons. The summed E-state index contributed by atoms with van der Waals surface area (Å²) in [7, 11) is 0. The highest BCUT2D eigenvalue weighted by molar-refractivity contribution is 6.17. The Hall–Kier alpha value is 0.250. The molecule has 0 aliphatic heterocycles. The van der Waals surface area contributed by atoms with Crippen LogP contribution in [0.2, 0.25) is 0 Å². The molecule has 1 saturated carbocycles. The first-order valence-corrected chi connectivity index (χ1v) is 4.14. The highest BCUT2D eigenvalue weighted by atomic mass is 35.5. The Kier molecular flexibility index (Phi) is 3.37. The van der Waals surface area contributed by atoms with E-state index in [1.54, 1.807) is 0 Å². The summed E-state index contributed by atoms with van der Waals surface area (Å²) < 4.78 is 5.42. The molecule has 2 heteroatoms. The van der Waals surface area contributed by atoms with E-state index in [9.17, 15) is 0 Å². The van der Waals surface area contributed by atoms with Crippen molar-refractivity contribution in [1.82, 2.24) is 0 Å². The van der Waals surface area contributed by atoms with E-state index in [4.69, 9.17) is 16.3 Å². The van der Waals surface area contributed by atoms with Gasteiger partial charge < -0.3 is 4.74 Å². The predicted octanol–water partition coefficient (Wildman–Crippen LogP) is 2.18. The van der Waals surface area contributed by atoms with E-state index in [1.165, 1.54) is 25.7 Å². The Bertz CT molecular complexity index is 69.3. The van der Waals surface area contributed by atoms with Gasteiger partial charge in [-0.1, -0.05) is 12.8 Å². The molecule has 0 amide bonds. The van der Waals surface area contributed by atoms with Crippen LogP contribution in [0.15, 0.2) is 0 Å². The second-order valence-corrected chi connectivity index (χ2v) is 2.84. The molecule has 0 bridgehead atoms. The van der Waals surface area contributed by atoms with Crippen molar-refractivity contribution < 1.29 is 4.74 Å². The first kappa shape index (κ1) is 7.36. The van der Waals surface area contributed by atoms with E-state index < -0.39 is 0 Å². The number of halogens is 1. The first-order valence-electron chi connectivity index (χ1n) is 3.61. The van der Waals surface area contributed by atoms with Gasteiger partial charge in [0.05, 0.1) is 12.7 Å². The van der Waals surface area contributed by atoms with Gasteiger partial charge in [0.25, 0.3) is 0 Å². The lowest BCUT2D eigenvalue weighted by molar-refractivity contribution is 0.0698. The largest absolute Gasteiger partial charge is 0.377 e. The van der Waals surface area contributed by atoms with Crippen molar-refractivity contribution in [3.63, 3.8) is 0 Å². The van der Waals surface area contributed by atoms with Gasteiger partial charge in [-0.2, -0.15) is 0 Å². The fourth-order valence-electron chi connectivity index (χ4n) is 1.27. The van der Waals surface area contributed by atoms with Gasteiger partial charge in [-0.3, -0.25) is 0 Å². The maximum Gasteiger partial charge on any atom is 0.0605 e. The number of hydrogen-bond donors (Lipinski definition) is 0. The van der Waals surface area contributed by atoms with Crippen molar-refractivity contribution in [2.45, 2.75) is 31.8 Å². The summed E-state index contributed by atoms with van der Waals surface area (Å²) in [5, 5.41) is 0. The second-order valence-electron chi connectivity index (χ2n) is 2.47. The van der Waals surface area contributed by atoms with Crippen LogP contribution in [0.5, 0.6) is 0 Å². The molecular weight excluding hydrogens is 136 g/mol. The third-order valence-electron chi connectivity index (χ3n) is 1.73. The number of ether oxygens (including phenoxy) is 1. The molecule has 0 heterocycles. The van der Waals surface area contributed by atoms with E-state index in [0.717, 1.165) is 6.61 Å². The monoisotopic (exact) mass is 148 g/mol. The lowest BCUT2D eigenvalue weighted by atomic mass is 10.3. The first-order chi connectivity index (χ1) is 4.43. The summed E-state index contributed by atoms with van der Waals surface area (Å²) in [5.74, 6) is 0.635. The molecular formula is C7H13ClO. The van der Waals surface area contributed by atoms with E-state index in [2.05, 4.69) is 0 Å². The zero-order chi connectivity index (χ0) is 6.53. The number of hydrogen-bond acceptors (Lipinski definition) is 1. The summed E-state index contributed by atoms with van der Waals surface area (Å²) in [6, 6.07) is 0. The van der Waals surface area contributed by atoms with Crippen molar-refractivity contribution in [3.05, 3.63) is 0 Å². The average molecular weight is 149 g/mol. The van der Waals surface area contributed by atoms with E-state index in [1.807, 2.05) is 0 Å². The molecule has 1 nitrogen and oxygen atoms in total. The topological polar surface area (TPSA) is 9.23 Å². The van der Waals surface area contributed by atoms with Gasteiger partial charge in [-0.05, 0) is 12.8 Å². The van der Waals surface area contributed by atoms with Gasteiger partial charge in [0.15, 0.2) is 0 Å². The maximum absolute atomic E-state index is 5.45. The maximum atomic E-state index is 5.45. The van der Waals surface area contributed by atoms with Gasteiger partial charge in [-0.25, -0.2) is 0 Å². The molecule has 0 aromatic heterocycles. The Balaban J connectivity index is 1.98. The summed E-state index contributed by atoms with van der Waals surface area (Å²) >= 11 is 5.45. The summed E-state index contributed by atoms with van der Waals surface area (Å²) in [6.45, 7) is 0.728. The SMILES string of the molecule is ClCCOC1CCCC1. The Labute approximate surface area is 61.3 Å². The average Bonchev–Trinajstić information content (AvgIpc) is 2.34. The van der Waals surface area contributed by atoms with Gasteiger partial charge in [0.1, 0.15) is 0 Å². The van der Waals surface area contributed by atoms with Crippen LogP contribution in [0.3, 0.4) is 0 Å². The van der Waals surface area contributed by atoms with Crippen molar-refractivity contribution in [3.8, 4) is 0 Å². The molecule has 0 saturated heterocycles. The van der Waals surface area contributed by atoms with Crippen LogP contribution in [-0.4, -0.2) is 18.6 Å². The van der Waals surface area contributed by atoms with Crippen LogP contribution in [0.25, 0.3) is 0 Å². The molecule has 0 aromatic rings. The normalized spacial score (nSPS) is 21.0. The van der Waals surface area contributed by atoms with Gasteiger partial charge >= 0.3 is 0 Å². The van der Waals surface area contributed by atoms with Crippen LogP contribution in [0.4, 0.5) is 0 Å². The molecule has 0 N–H and O–H groups in total. The molecule has 9 heavy (non-hydrogen) atoms.